The summed E-state index contributed by atoms with van der Waals surface area (Å²) in [7, 11) is 0. The number of H-pyrrole nitrogens is 2. The minimum Gasteiger partial charge on any atom is -0.454 e. The maximum absolute atomic E-state index is 5.55. The molecule has 0 atom stereocenters. The molecule has 2 N–H and O–H groups in total. The third-order valence-electron chi connectivity index (χ3n) is 7.23. The molecule has 4 aromatic rings. The van der Waals surface area contributed by atoms with Crippen molar-refractivity contribution in [3.8, 4) is 23.0 Å². The van der Waals surface area contributed by atoms with Gasteiger partial charge in [-0.2, -0.15) is 5.10 Å². The van der Waals surface area contributed by atoms with Crippen LogP contribution in [-0.4, -0.2) is 64.1 Å². The van der Waals surface area contributed by atoms with Gasteiger partial charge in [-0.15, -0.1) is 0 Å². The van der Waals surface area contributed by atoms with Gasteiger partial charge in [-0.25, -0.2) is 4.98 Å². The highest BCUT2D eigenvalue weighted by molar-refractivity contribution is 5.95. The van der Waals surface area contributed by atoms with Crippen molar-refractivity contribution in [3.05, 3.63) is 30.3 Å². The molecule has 2 aromatic carbocycles. The smallest absolute Gasteiger partial charge is 0.231 e. The quantitative estimate of drug-likeness (QED) is 0.513. The van der Waals surface area contributed by atoms with E-state index in [1.165, 1.54) is 44.5 Å². The minimum atomic E-state index is 0.257. The number of imidazole rings is 1. The summed E-state index contributed by atoms with van der Waals surface area (Å²) in [4.78, 5) is 13.5. The summed E-state index contributed by atoms with van der Waals surface area (Å²) >= 11 is 0. The molecule has 0 radical (unpaired) electrons. The third kappa shape index (κ3) is 2.93. The zero-order chi connectivity index (χ0) is 21.1. The molecule has 32 heavy (non-hydrogen) atoms. The van der Waals surface area contributed by atoms with Gasteiger partial charge >= 0.3 is 0 Å². The van der Waals surface area contributed by atoms with Crippen LogP contribution in [0, 0.1) is 0 Å². The largest absolute Gasteiger partial charge is 0.454 e. The number of piperidine rings is 1. The Morgan fingerprint density at radius 3 is 2.56 bits per heavy atom. The van der Waals surface area contributed by atoms with Crippen molar-refractivity contribution in [2.24, 2.45) is 0 Å². The lowest BCUT2D eigenvalue weighted by molar-refractivity contribution is 0.174. The Hall–Kier alpha value is -3.26. The number of nitrogens with one attached hydrogen (secondary N) is 2. The first-order valence-corrected chi connectivity index (χ1v) is 11.6. The van der Waals surface area contributed by atoms with Crippen LogP contribution in [0.15, 0.2) is 30.3 Å². The van der Waals surface area contributed by atoms with E-state index in [1.807, 2.05) is 12.1 Å². The Balaban J connectivity index is 1.16. The highest BCUT2D eigenvalue weighted by Crippen LogP contribution is 2.38. The number of ether oxygens (including phenoxy) is 2. The summed E-state index contributed by atoms with van der Waals surface area (Å²) < 4.78 is 11.0. The first-order valence-electron chi connectivity index (χ1n) is 11.6. The number of rotatable bonds is 3. The molecule has 3 aliphatic heterocycles. The molecule has 0 amide bonds. The first-order chi connectivity index (χ1) is 15.8. The van der Waals surface area contributed by atoms with Crippen molar-refractivity contribution < 1.29 is 9.47 Å². The van der Waals surface area contributed by atoms with Gasteiger partial charge in [0.25, 0.3) is 0 Å². The van der Waals surface area contributed by atoms with Gasteiger partial charge in [-0.3, -0.25) is 5.10 Å². The van der Waals surface area contributed by atoms with Crippen LogP contribution in [0.25, 0.3) is 33.5 Å². The van der Waals surface area contributed by atoms with Crippen LogP contribution in [0.5, 0.6) is 11.5 Å². The van der Waals surface area contributed by atoms with Crippen molar-refractivity contribution in [3.63, 3.8) is 0 Å². The maximum atomic E-state index is 5.55. The molecular formula is C24H26N6O2. The van der Waals surface area contributed by atoms with E-state index in [9.17, 15) is 0 Å². The van der Waals surface area contributed by atoms with Crippen LogP contribution >= 0.6 is 0 Å². The molecular weight excluding hydrogens is 404 g/mol. The number of nitrogens with zero attached hydrogens (tertiary/aromatic N) is 4. The SMILES string of the molecule is c1cc2nc(-c3n[nH]c4cc5c(cc34)OCO5)[nH]c2cc1N1CCC(N2CCCC2)CC1. The average molecular weight is 431 g/mol. The minimum absolute atomic E-state index is 0.257. The van der Waals surface area contributed by atoms with Crippen LogP contribution in [0.2, 0.25) is 0 Å². The van der Waals surface area contributed by atoms with E-state index in [0.29, 0.717) is 0 Å². The number of hydrogen-bond acceptors (Lipinski definition) is 6. The molecule has 8 nitrogen and oxygen atoms in total. The van der Waals surface area contributed by atoms with E-state index in [-0.39, 0.29) is 6.79 Å². The zero-order valence-corrected chi connectivity index (χ0v) is 17.9. The molecule has 2 fully saturated rings. The summed E-state index contributed by atoms with van der Waals surface area (Å²) in [5.41, 5.74) is 4.96. The highest BCUT2D eigenvalue weighted by atomic mass is 16.7. The molecule has 5 heterocycles. The Kier molecular flexibility index (Phi) is 4.08. The van der Waals surface area contributed by atoms with E-state index in [0.717, 1.165) is 64.1 Å². The summed E-state index contributed by atoms with van der Waals surface area (Å²) in [6.07, 6.45) is 5.24. The molecule has 0 spiro atoms. The van der Waals surface area contributed by atoms with Gasteiger partial charge in [0.05, 0.1) is 16.6 Å². The Labute approximate surface area is 185 Å². The zero-order valence-electron chi connectivity index (χ0n) is 17.9. The number of fused-ring (bicyclic) bond motifs is 3. The molecule has 164 valence electrons. The van der Waals surface area contributed by atoms with E-state index in [4.69, 9.17) is 14.5 Å². The number of aromatic amines is 2. The monoisotopic (exact) mass is 430 g/mol. The van der Waals surface area contributed by atoms with Gasteiger partial charge < -0.3 is 24.3 Å². The lowest BCUT2D eigenvalue weighted by Gasteiger charge is -2.37. The number of aromatic nitrogens is 4. The van der Waals surface area contributed by atoms with Crippen LogP contribution in [0.1, 0.15) is 25.7 Å². The van der Waals surface area contributed by atoms with Gasteiger partial charge in [0.2, 0.25) is 6.79 Å². The fraction of sp³-hybridized carbons (Fsp3) is 0.417. The summed E-state index contributed by atoms with van der Waals surface area (Å²) in [5, 5.41) is 8.58. The van der Waals surface area contributed by atoms with Crippen LogP contribution < -0.4 is 14.4 Å². The fourth-order valence-corrected chi connectivity index (χ4v) is 5.49. The topological polar surface area (TPSA) is 82.3 Å². The lowest BCUT2D eigenvalue weighted by Crippen LogP contribution is -2.43. The Morgan fingerprint density at radius 2 is 1.72 bits per heavy atom. The number of likely N-dealkylation sites (tertiary alicyclic amines) is 1. The van der Waals surface area contributed by atoms with E-state index in [1.54, 1.807) is 0 Å². The van der Waals surface area contributed by atoms with Crippen molar-refractivity contribution >= 4 is 27.6 Å². The average Bonchev–Trinajstić information content (AvgIpc) is 3.63. The molecule has 2 saturated heterocycles. The van der Waals surface area contributed by atoms with E-state index in [2.05, 4.69) is 43.2 Å². The Morgan fingerprint density at radius 1 is 0.906 bits per heavy atom. The van der Waals surface area contributed by atoms with E-state index < -0.39 is 0 Å². The lowest BCUT2D eigenvalue weighted by atomic mass is 10.0. The van der Waals surface area contributed by atoms with Crippen molar-refractivity contribution in [1.82, 2.24) is 25.1 Å². The highest BCUT2D eigenvalue weighted by Gasteiger charge is 2.27. The second-order valence-electron chi connectivity index (χ2n) is 9.07. The number of anilines is 1. The van der Waals surface area contributed by atoms with Crippen molar-refractivity contribution in [2.45, 2.75) is 31.7 Å². The molecule has 0 unspecified atom stereocenters. The third-order valence-corrected chi connectivity index (χ3v) is 7.23. The van der Waals surface area contributed by atoms with Crippen LogP contribution in [0.4, 0.5) is 5.69 Å². The maximum Gasteiger partial charge on any atom is 0.231 e. The summed E-state index contributed by atoms with van der Waals surface area (Å²) in [6.45, 7) is 5.07. The molecule has 0 saturated carbocycles. The van der Waals surface area contributed by atoms with Gasteiger partial charge in [0, 0.05) is 36.3 Å². The van der Waals surface area contributed by atoms with Gasteiger partial charge in [0.1, 0.15) is 5.69 Å². The Bertz CT molecular complexity index is 1300. The van der Waals surface area contributed by atoms with Crippen molar-refractivity contribution in [2.75, 3.05) is 37.9 Å². The molecule has 8 heteroatoms. The van der Waals surface area contributed by atoms with E-state index >= 15 is 0 Å². The second kappa shape index (κ2) is 7.13. The van der Waals surface area contributed by atoms with Gasteiger partial charge in [-0.1, -0.05) is 0 Å². The van der Waals surface area contributed by atoms with Gasteiger partial charge in [-0.05, 0) is 63.0 Å². The number of hydrogen-bond donors (Lipinski definition) is 2. The predicted molar refractivity (Wildman–Crippen MR) is 123 cm³/mol. The van der Waals surface area contributed by atoms with Crippen LogP contribution in [-0.2, 0) is 0 Å². The molecule has 0 aliphatic carbocycles. The standard InChI is InChI=1S/C24H26N6O2/c1-2-8-29(7-1)15-5-9-30(10-6-15)16-3-4-18-20(11-16)26-24(25-18)23-17-12-21-22(32-14-31-21)13-19(17)27-28-23/h3-4,11-13,15H,1-2,5-10,14H2,(H,25,26)(H,27,28). The molecule has 2 aromatic heterocycles. The fourth-order valence-electron chi connectivity index (χ4n) is 5.49. The summed E-state index contributed by atoms with van der Waals surface area (Å²) in [6, 6.07) is 11.2. The second-order valence-corrected chi connectivity index (χ2v) is 9.07. The van der Waals surface area contributed by atoms with Crippen LogP contribution in [0.3, 0.4) is 0 Å². The molecule has 3 aliphatic rings. The number of benzene rings is 2. The normalized spacial score (nSPS) is 19.6. The molecule has 0 bridgehead atoms. The van der Waals surface area contributed by atoms with Crippen molar-refractivity contribution in [1.29, 1.82) is 0 Å². The van der Waals surface area contributed by atoms with Gasteiger partial charge in [0.15, 0.2) is 17.3 Å². The predicted octanol–water partition coefficient (Wildman–Crippen LogP) is 3.90. The first kappa shape index (κ1) is 18.3. The summed E-state index contributed by atoms with van der Waals surface area (Å²) in [5.74, 6) is 2.25. The molecule has 7 rings (SSSR count).